The third-order valence-electron chi connectivity index (χ3n) is 4.29. The molecule has 2 N–H and O–H groups in total. The Bertz CT molecular complexity index is 603. The van der Waals surface area contributed by atoms with Crippen molar-refractivity contribution in [3.63, 3.8) is 0 Å². The van der Waals surface area contributed by atoms with E-state index in [1.165, 1.54) is 37.8 Å². The number of phenolic OH excluding ortho intramolecular Hbond substituents is 1. The molecule has 6 heteroatoms. The van der Waals surface area contributed by atoms with Gasteiger partial charge in [0.1, 0.15) is 16.4 Å². The SMILES string of the molecule is CCOc1ccc(S(=O)(=O)O)c(O)c1CCCC1CCCC1. The second-order valence-corrected chi connectivity index (χ2v) is 7.23. The Morgan fingerprint density at radius 2 is 1.95 bits per heavy atom. The van der Waals surface area contributed by atoms with Crippen LogP contribution in [0.4, 0.5) is 0 Å². The van der Waals surface area contributed by atoms with Crippen molar-refractivity contribution in [2.75, 3.05) is 6.61 Å². The highest BCUT2D eigenvalue weighted by atomic mass is 32.2. The molecule has 2 rings (SSSR count). The van der Waals surface area contributed by atoms with Crippen LogP contribution in [0.2, 0.25) is 0 Å². The van der Waals surface area contributed by atoms with Gasteiger partial charge in [-0.05, 0) is 37.8 Å². The van der Waals surface area contributed by atoms with Crippen LogP contribution in [-0.4, -0.2) is 24.7 Å². The molecule has 124 valence electrons. The lowest BCUT2D eigenvalue weighted by atomic mass is 9.97. The van der Waals surface area contributed by atoms with Gasteiger partial charge in [0.25, 0.3) is 10.1 Å². The average molecular weight is 328 g/mol. The van der Waals surface area contributed by atoms with Crippen LogP contribution in [0.1, 0.15) is 51.0 Å². The van der Waals surface area contributed by atoms with Crippen LogP contribution in [0.5, 0.6) is 11.5 Å². The van der Waals surface area contributed by atoms with Gasteiger partial charge in [0.2, 0.25) is 0 Å². The van der Waals surface area contributed by atoms with Crippen LogP contribution < -0.4 is 4.74 Å². The fourth-order valence-electron chi connectivity index (χ4n) is 3.20. The minimum atomic E-state index is -4.43. The highest BCUT2D eigenvalue weighted by Crippen LogP contribution is 2.36. The highest BCUT2D eigenvalue weighted by molar-refractivity contribution is 7.86. The molecule has 0 radical (unpaired) electrons. The van der Waals surface area contributed by atoms with Gasteiger partial charge in [0, 0.05) is 5.56 Å². The average Bonchev–Trinajstić information content (AvgIpc) is 2.94. The molecule has 1 aromatic carbocycles. The molecule has 1 saturated carbocycles. The van der Waals surface area contributed by atoms with Crippen molar-refractivity contribution in [2.45, 2.75) is 56.8 Å². The molecule has 1 aliphatic rings. The Hall–Kier alpha value is -1.27. The number of hydrogen-bond donors (Lipinski definition) is 2. The largest absolute Gasteiger partial charge is 0.506 e. The number of ether oxygens (including phenoxy) is 1. The fourth-order valence-corrected chi connectivity index (χ4v) is 3.81. The summed E-state index contributed by atoms with van der Waals surface area (Å²) in [4.78, 5) is -0.452. The molecule has 0 aromatic heterocycles. The minimum absolute atomic E-state index is 0.389. The molecule has 0 heterocycles. The Morgan fingerprint density at radius 1 is 1.27 bits per heavy atom. The van der Waals surface area contributed by atoms with Crippen LogP contribution in [-0.2, 0) is 16.5 Å². The molecule has 0 atom stereocenters. The predicted octanol–water partition coefficient (Wildman–Crippen LogP) is 3.55. The van der Waals surface area contributed by atoms with Gasteiger partial charge in [-0.25, -0.2) is 0 Å². The van der Waals surface area contributed by atoms with Crippen molar-refractivity contribution in [2.24, 2.45) is 5.92 Å². The maximum Gasteiger partial charge on any atom is 0.298 e. The third-order valence-corrected chi connectivity index (χ3v) is 5.18. The molecule has 0 bridgehead atoms. The predicted molar refractivity (Wildman–Crippen MR) is 84.0 cm³/mol. The Balaban J connectivity index is 2.17. The first-order valence-electron chi connectivity index (χ1n) is 7.88. The van der Waals surface area contributed by atoms with Crippen molar-refractivity contribution in [3.05, 3.63) is 17.7 Å². The summed E-state index contributed by atoms with van der Waals surface area (Å²) >= 11 is 0. The summed E-state index contributed by atoms with van der Waals surface area (Å²) in [6.07, 6.45) is 7.58. The van der Waals surface area contributed by atoms with Crippen molar-refractivity contribution in [3.8, 4) is 11.5 Å². The number of rotatable bonds is 7. The molecule has 5 nitrogen and oxygen atoms in total. The zero-order chi connectivity index (χ0) is 16.2. The van der Waals surface area contributed by atoms with E-state index in [9.17, 15) is 18.1 Å². The number of phenols is 1. The summed E-state index contributed by atoms with van der Waals surface area (Å²) in [7, 11) is -4.43. The van der Waals surface area contributed by atoms with Gasteiger partial charge in [0.05, 0.1) is 6.61 Å². The van der Waals surface area contributed by atoms with E-state index >= 15 is 0 Å². The second kappa shape index (κ2) is 7.33. The molecule has 1 aromatic rings. The standard InChI is InChI=1S/C16H24O5S/c1-2-21-14-10-11-15(22(18,19)20)16(17)13(14)9-5-8-12-6-3-4-7-12/h10-12,17H,2-9H2,1H3,(H,18,19,20). The molecule has 1 fully saturated rings. The number of hydrogen-bond acceptors (Lipinski definition) is 4. The van der Waals surface area contributed by atoms with E-state index in [2.05, 4.69) is 0 Å². The number of aromatic hydroxyl groups is 1. The van der Waals surface area contributed by atoms with Gasteiger partial charge < -0.3 is 9.84 Å². The normalized spacial score (nSPS) is 16.1. The summed E-state index contributed by atoms with van der Waals surface area (Å²) in [6, 6.07) is 2.67. The molecule has 0 spiro atoms. The summed E-state index contributed by atoms with van der Waals surface area (Å²) in [6.45, 7) is 2.26. The van der Waals surface area contributed by atoms with Crippen LogP contribution in [0.15, 0.2) is 17.0 Å². The Kier molecular flexibility index (Phi) is 5.69. The quantitative estimate of drug-likeness (QED) is 0.748. The zero-order valence-corrected chi connectivity index (χ0v) is 13.7. The molecular weight excluding hydrogens is 304 g/mol. The fraction of sp³-hybridized carbons (Fsp3) is 0.625. The van der Waals surface area contributed by atoms with E-state index in [0.717, 1.165) is 18.8 Å². The minimum Gasteiger partial charge on any atom is -0.506 e. The van der Waals surface area contributed by atoms with Crippen LogP contribution in [0.3, 0.4) is 0 Å². The number of benzene rings is 1. The van der Waals surface area contributed by atoms with Crippen molar-refractivity contribution < 1.29 is 22.8 Å². The zero-order valence-electron chi connectivity index (χ0n) is 12.9. The highest BCUT2D eigenvalue weighted by Gasteiger charge is 2.22. The lowest BCUT2D eigenvalue weighted by Crippen LogP contribution is -2.04. The summed E-state index contributed by atoms with van der Waals surface area (Å²) in [5, 5.41) is 10.2. The maximum atomic E-state index is 11.3. The van der Waals surface area contributed by atoms with Crippen molar-refractivity contribution in [1.82, 2.24) is 0 Å². The molecule has 1 aliphatic carbocycles. The van der Waals surface area contributed by atoms with Crippen molar-refractivity contribution >= 4 is 10.1 Å². The Labute approximate surface area is 132 Å². The molecule has 0 aliphatic heterocycles. The van der Waals surface area contributed by atoms with Crippen LogP contribution >= 0.6 is 0 Å². The van der Waals surface area contributed by atoms with E-state index in [1.54, 1.807) is 0 Å². The third kappa shape index (κ3) is 4.14. The maximum absolute atomic E-state index is 11.3. The molecule has 22 heavy (non-hydrogen) atoms. The first-order chi connectivity index (χ1) is 10.4. The summed E-state index contributed by atoms with van der Waals surface area (Å²) < 4.78 is 37.3. The first-order valence-corrected chi connectivity index (χ1v) is 9.32. The van der Waals surface area contributed by atoms with Gasteiger partial charge in [-0.2, -0.15) is 8.42 Å². The molecular formula is C16H24O5S. The van der Waals surface area contributed by atoms with Crippen LogP contribution in [0, 0.1) is 5.92 Å². The monoisotopic (exact) mass is 328 g/mol. The topological polar surface area (TPSA) is 83.8 Å². The van der Waals surface area contributed by atoms with Crippen molar-refractivity contribution in [1.29, 1.82) is 0 Å². The Morgan fingerprint density at radius 3 is 2.55 bits per heavy atom. The summed E-state index contributed by atoms with van der Waals surface area (Å²) in [5.74, 6) is 0.834. The van der Waals surface area contributed by atoms with Gasteiger partial charge in [0.15, 0.2) is 0 Å². The van der Waals surface area contributed by atoms with Gasteiger partial charge in [-0.1, -0.05) is 32.1 Å². The van der Waals surface area contributed by atoms with Gasteiger partial charge in [-0.3, -0.25) is 4.55 Å². The van der Waals surface area contributed by atoms with Gasteiger partial charge in [-0.15, -0.1) is 0 Å². The smallest absolute Gasteiger partial charge is 0.298 e. The second-order valence-electron chi connectivity index (χ2n) is 5.84. The van der Waals surface area contributed by atoms with Gasteiger partial charge >= 0.3 is 0 Å². The molecule has 0 saturated heterocycles. The summed E-state index contributed by atoms with van der Waals surface area (Å²) in [5.41, 5.74) is 0.468. The van der Waals surface area contributed by atoms with Crippen LogP contribution in [0.25, 0.3) is 0 Å². The van der Waals surface area contributed by atoms with E-state index in [0.29, 0.717) is 24.3 Å². The van der Waals surface area contributed by atoms with E-state index in [4.69, 9.17) is 4.74 Å². The van der Waals surface area contributed by atoms with E-state index < -0.39 is 15.0 Å². The molecule has 0 unspecified atom stereocenters. The lowest BCUT2D eigenvalue weighted by molar-refractivity contribution is 0.330. The van der Waals surface area contributed by atoms with E-state index in [1.807, 2.05) is 6.92 Å². The molecule has 0 amide bonds. The van der Waals surface area contributed by atoms with E-state index in [-0.39, 0.29) is 5.75 Å². The first kappa shape index (κ1) is 17.1. The lowest BCUT2D eigenvalue weighted by Gasteiger charge is -2.15.